The minimum absolute atomic E-state index is 0.0451. The summed E-state index contributed by atoms with van der Waals surface area (Å²) >= 11 is 0. The molecule has 4 saturated carbocycles. The van der Waals surface area contributed by atoms with Crippen LogP contribution < -0.4 is 11.1 Å². The van der Waals surface area contributed by atoms with E-state index in [2.05, 4.69) is 26.1 Å². The highest BCUT2D eigenvalue weighted by Gasteiger charge is 2.65. The number of aliphatic hydroxyl groups excluding tert-OH is 3. The maximum atomic E-state index is 12.7. The molecule has 38 heavy (non-hydrogen) atoms. The number of hydrogen-bond acceptors (Lipinski definition) is 6. The number of nitrogens with one attached hydrogen (secondary N) is 1. The molecule has 8 heteroatoms. The van der Waals surface area contributed by atoms with Crippen molar-refractivity contribution in [2.24, 2.45) is 52.1 Å². The molecule has 0 aromatic heterocycles. The maximum Gasteiger partial charge on any atom is 0.326 e. The zero-order valence-electron chi connectivity index (χ0n) is 23.6. The normalized spacial score (nSPS) is 43.9. The standard InChI is InChI=1S/C30H52N2O6/c1-17(7-10-24(34)32-23(28(37)38)6-4-5-15-31)19-8-9-20-25-21(12-14-29(19,20)2)30(3)13-11-18(33)16-22(30)26(35)27(25)36/h17-23,25-27,33,35-36H,4-16,31H2,1-3H3,(H,32,34)(H,37,38). The van der Waals surface area contributed by atoms with Gasteiger partial charge in [0.25, 0.3) is 0 Å². The van der Waals surface area contributed by atoms with Gasteiger partial charge in [-0.2, -0.15) is 0 Å². The maximum absolute atomic E-state index is 12.7. The number of carboxylic acids is 1. The third-order valence-electron chi connectivity index (χ3n) is 11.9. The molecule has 0 bridgehead atoms. The lowest BCUT2D eigenvalue weighted by Crippen LogP contribution is -2.64. The molecule has 12 atom stereocenters. The van der Waals surface area contributed by atoms with E-state index in [-0.39, 0.29) is 34.7 Å². The van der Waals surface area contributed by atoms with E-state index in [9.17, 15) is 30.0 Å². The van der Waals surface area contributed by atoms with Gasteiger partial charge in [-0.05, 0) is 124 Å². The van der Waals surface area contributed by atoms with Crippen molar-refractivity contribution in [3.8, 4) is 0 Å². The monoisotopic (exact) mass is 536 g/mol. The van der Waals surface area contributed by atoms with Crippen LogP contribution in [0.5, 0.6) is 0 Å². The highest BCUT2D eigenvalue weighted by molar-refractivity contribution is 5.83. The Kier molecular flexibility index (Phi) is 9.17. The number of carbonyl (C=O) groups is 2. The first-order chi connectivity index (χ1) is 17.9. The molecule has 0 heterocycles. The summed E-state index contributed by atoms with van der Waals surface area (Å²) in [5.41, 5.74) is 5.52. The summed E-state index contributed by atoms with van der Waals surface area (Å²) in [4.78, 5) is 24.2. The van der Waals surface area contributed by atoms with Gasteiger partial charge in [0.05, 0.1) is 18.3 Å². The van der Waals surface area contributed by atoms with E-state index >= 15 is 0 Å². The van der Waals surface area contributed by atoms with E-state index in [1.54, 1.807) is 0 Å². The summed E-state index contributed by atoms with van der Waals surface area (Å²) in [6, 6.07) is -0.863. The van der Waals surface area contributed by atoms with Crippen LogP contribution in [0.4, 0.5) is 0 Å². The van der Waals surface area contributed by atoms with Gasteiger partial charge < -0.3 is 31.5 Å². The molecule has 4 aliphatic carbocycles. The Hall–Kier alpha value is -1.22. The summed E-state index contributed by atoms with van der Waals surface area (Å²) < 4.78 is 0. The van der Waals surface area contributed by atoms with E-state index in [0.717, 1.165) is 44.9 Å². The number of unbranched alkanes of at least 4 members (excludes halogenated alkanes) is 1. The molecule has 0 aromatic rings. The minimum Gasteiger partial charge on any atom is -0.480 e. The Labute approximate surface area is 228 Å². The van der Waals surface area contributed by atoms with Crippen molar-refractivity contribution in [2.45, 2.75) is 122 Å². The second-order valence-corrected chi connectivity index (χ2v) is 13.8. The first kappa shape index (κ1) is 29.8. The molecule has 7 N–H and O–H groups in total. The lowest BCUT2D eigenvalue weighted by atomic mass is 9.43. The van der Waals surface area contributed by atoms with Crippen LogP contribution in [0.1, 0.15) is 97.8 Å². The van der Waals surface area contributed by atoms with Crippen molar-refractivity contribution < 1.29 is 30.0 Å². The number of fused-ring (bicyclic) bond motifs is 5. The summed E-state index contributed by atoms with van der Waals surface area (Å²) in [5.74, 6) is 0.277. The number of carbonyl (C=O) groups excluding carboxylic acids is 1. The van der Waals surface area contributed by atoms with Crippen LogP contribution in [0, 0.1) is 46.3 Å². The largest absolute Gasteiger partial charge is 0.480 e. The molecule has 0 spiro atoms. The summed E-state index contributed by atoms with van der Waals surface area (Å²) in [6.07, 6.45) is 7.42. The van der Waals surface area contributed by atoms with Crippen LogP contribution in [0.3, 0.4) is 0 Å². The zero-order valence-corrected chi connectivity index (χ0v) is 23.6. The van der Waals surface area contributed by atoms with Gasteiger partial charge in [0, 0.05) is 6.42 Å². The molecule has 0 aliphatic heterocycles. The minimum atomic E-state index is -0.997. The number of nitrogens with two attached hydrogens (primary N) is 1. The third kappa shape index (κ3) is 5.39. The van der Waals surface area contributed by atoms with Crippen LogP contribution >= 0.6 is 0 Å². The molecule has 4 fully saturated rings. The van der Waals surface area contributed by atoms with E-state index in [1.807, 2.05) is 0 Å². The SMILES string of the molecule is CC(CCC(=O)NC(CCCCN)C(=O)O)C1CCC2C3C(O)C(O)C4CC(O)CCC4(C)C3CCC12C. The highest BCUT2D eigenvalue weighted by Crippen LogP contribution is 2.68. The number of aliphatic carboxylic acids is 1. The number of aliphatic hydroxyl groups is 3. The van der Waals surface area contributed by atoms with Gasteiger partial charge in [-0.1, -0.05) is 20.8 Å². The van der Waals surface area contributed by atoms with Crippen molar-refractivity contribution >= 4 is 11.9 Å². The molecule has 0 aromatic carbocycles. The molecule has 0 saturated heterocycles. The molecular weight excluding hydrogens is 484 g/mol. The van der Waals surface area contributed by atoms with Crippen molar-refractivity contribution in [3.63, 3.8) is 0 Å². The molecule has 8 nitrogen and oxygen atoms in total. The van der Waals surface area contributed by atoms with Crippen LogP contribution in [0.25, 0.3) is 0 Å². The topological polar surface area (TPSA) is 153 Å². The van der Waals surface area contributed by atoms with Crippen LogP contribution in [-0.2, 0) is 9.59 Å². The van der Waals surface area contributed by atoms with E-state index < -0.39 is 24.2 Å². The molecule has 4 rings (SSSR count). The summed E-state index contributed by atoms with van der Waals surface area (Å²) in [6.45, 7) is 7.41. The fourth-order valence-electron chi connectivity index (χ4n) is 9.79. The molecule has 218 valence electrons. The quantitative estimate of drug-likeness (QED) is 0.235. The van der Waals surface area contributed by atoms with Crippen molar-refractivity contribution in [3.05, 3.63) is 0 Å². The summed E-state index contributed by atoms with van der Waals surface area (Å²) in [7, 11) is 0. The highest BCUT2D eigenvalue weighted by atomic mass is 16.4. The Morgan fingerprint density at radius 3 is 2.29 bits per heavy atom. The van der Waals surface area contributed by atoms with Gasteiger partial charge in [-0.25, -0.2) is 4.79 Å². The first-order valence-electron chi connectivity index (χ1n) is 15.2. The smallest absolute Gasteiger partial charge is 0.326 e. The van der Waals surface area contributed by atoms with Crippen molar-refractivity contribution in [2.75, 3.05) is 6.54 Å². The van der Waals surface area contributed by atoms with Gasteiger partial charge in [-0.15, -0.1) is 0 Å². The molecule has 0 radical (unpaired) electrons. The average Bonchev–Trinajstić information content (AvgIpc) is 3.23. The molecule has 12 unspecified atom stereocenters. The van der Waals surface area contributed by atoms with E-state index in [0.29, 0.717) is 62.3 Å². The van der Waals surface area contributed by atoms with Gasteiger partial charge >= 0.3 is 5.97 Å². The second-order valence-electron chi connectivity index (χ2n) is 13.8. The zero-order chi connectivity index (χ0) is 27.8. The lowest BCUT2D eigenvalue weighted by molar-refractivity contribution is -0.223. The molecule has 4 aliphatic rings. The Morgan fingerprint density at radius 1 is 0.921 bits per heavy atom. The first-order valence-corrected chi connectivity index (χ1v) is 15.2. The average molecular weight is 537 g/mol. The Morgan fingerprint density at radius 2 is 1.61 bits per heavy atom. The number of rotatable bonds is 10. The number of hydrogen-bond donors (Lipinski definition) is 6. The van der Waals surface area contributed by atoms with Gasteiger partial charge in [0.2, 0.25) is 5.91 Å². The van der Waals surface area contributed by atoms with Crippen molar-refractivity contribution in [1.29, 1.82) is 0 Å². The fourth-order valence-corrected chi connectivity index (χ4v) is 9.79. The van der Waals surface area contributed by atoms with Gasteiger partial charge in [-0.3, -0.25) is 4.79 Å². The van der Waals surface area contributed by atoms with Crippen LogP contribution in [0.15, 0.2) is 0 Å². The molecule has 1 amide bonds. The fraction of sp³-hybridized carbons (Fsp3) is 0.933. The lowest BCUT2D eigenvalue weighted by Gasteiger charge is -2.63. The van der Waals surface area contributed by atoms with Gasteiger partial charge in [0.15, 0.2) is 0 Å². The number of carboxylic acid groups (broad SMARTS) is 1. The molecular formula is C30H52N2O6. The van der Waals surface area contributed by atoms with Crippen molar-refractivity contribution in [1.82, 2.24) is 5.32 Å². The van der Waals surface area contributed by atoms with Gasteiger partial charge in [0.1, 0.15) is 6.04 Å². The Balaban J connectivity index is 1.39. The predicted molar refractivity (Wildman–Crippen MR) is 145 cm³/mol. The second kappa shape index (κ2) is 11.7. The Bertz CT molecular complexity index is 855. The van der Waals surface area contributed by atoms with E-state index in [4.69, 9.17) is 5.73 Å². The van der Waals surface area contributed by atoms with Crippen LogP contribution in [-0.4, -0.2) is 63.2 Å². The predicted octanol–water partition coefficient (Wildman–Crippen LogP) is 3.06. The third-order valence-corrected chi connectivity index (χ3v) is 11.9. The van der Waals surface area contributed by atoms with E-state index in [1.165, 1.54) is 0 Å². The van der Waals surface area contributed by atoms with Crippen LogP contribution in [0.2, 0.25) is 0 Å². The number of amides is 1. The summed E-state index contributed by atoms with van der Waals surface area (Å²) in [5, 5.41) is 45.2.